The Bertz CT molecular complexity index is 556. The van der Waals surface area contributed by atoms with Crippen molar-refractivity contribution in [1.29, 1.82) is 0 Å². The van der Waals surface area contributed by atoms with Crippen LogP contribution in [0.1, 0.15) is 35.9 Å². The highest BCUT2D eigenvalue weighted by atomic mass is 32.1. The molecule has 0 bridgehead atoms. The average molecular weight is 287 g/mol. The van der Waals surface area contributed by atoms with E-state index in [-0.39, 0.29) is 11.9 Å². The maximum Gasteiger partial charge on any atom is 0.223 e. The fraction of sp³-hybridized carbons (Fsp3) is 0.400. The molecular weight excluding hydrogens is 270 g/mol. The van der Waals surface area contributed by atoms with E-state index < -0.39 is 0 Å². The van der Waals surface area contributed by atoms with Gasteiger partial charge in [-0.25, -0.2) is 4.98 Å². The number of hydrogen-bond acceptors (Lipinski definition) is 4. The fourth-order valence-electron chi connectivity index (χ4n) is 2.66. The van der Waals surface area contributed by atoms with Crippen molar-refractivity contribution < 1.29 is 4.79 Å². The number of aryl methyl sites for hydroxylation is 1. The number of carbonyl (C=O) groups excluding carboxylic acids is 1. The molecule has 0 radical (unpaired) electrons. The molecule has 5 heteroatoms. The number of nitrogens with zero attached hydrogens (tertiary/aromatic N) is 3. The van der Waals surface area contributed by atoms with Gasteiger partial charge in [-0.2, -0.15) is 0 Å². The predicted molar refractivity (Wildman–Crippen MR) is 78.4 cm³/mol. The van der Waals surface area contributed by atoms with Crippen LogP contribution in [0.2, 0.25) is 0 Å². The Morgan fingerprint density at radius 3 is 3.15 bits per heavy atom. The molecule has 0 aromatic carbocycles. The number of amides is 1. The maximum atomic E-state index is 12.4. The Kier molecular flexibility index (Phi) is 4.06. The SMILES string of the molecule is O=C(CCc1cccnc1)N1CCC[C@H]1c1nccs1. The molecule has 3 rings (SSSR count). The van der Waals surface area contributed by atoms with Crippen LogP contribution in [-0.4, -0.2) is 27.3 Å². The van der Waals surface area contributed by atoms with Gasteiger partial charge in [0.15, 0.2) is 0 Å². The van der Waals surface area contributed by atoms with Crippen LogP contribution in [0.3, 0.4) is 0 Å². The summed E-state index contributed by atoms with van der Waals surface area (Å²) in [4.78, 5) is 22.8. The topological polar surface area (TPSA) is 46.1 Å². The van der Waals surface area contributed by atoms with Crippen LogP contribution in [0.15, 0.2) is 36.1 Å². The van der Waals surface area contributed by atoms with E-state index in [1.165, 1.54) is 0 Å². The minimum atomic E-state index is 0.191. The molecule has 1 amide bonds. The van der Waals surface area contributed by atoms with Crippen molar-refractivity contribution in [3.63, 3.8) is 0 Å². The van der Waals surface area contributed by atoms with Gasteiger partial charge in [-0.05, 0) is 30.9 Å². The predicted octanol–water partition coefficient (Wildman–Crippen LogP) is 2.83. The lowest BCUT2D eigenvalue weighted by atomic mass is 10.1. The van der Waals surface area contributed by atoms with Crippen LogP contribution in [0.4, 0.5) is 0 Å². The number of carbonyl (C=O) groups is 1. The summed E-state index contributed by atoms with van der Waals surface area (Å²) < 4.78 is 0. The van der Waals surface area contributed by atoms with Gasteiger partial charge in [0, 0.05) is 36.9 Å². The van der Waals surface area contributed by atoms with Gasteiger partial charge >= 0.3 is 0 Å². The lowest BCUT2D eigenvalue weighted by Crippen LogP contribution is -2.30. The van der Waals surface area contributed by atoms with E-state index in [0.717, 1.165) is 36.4 Å². The van der Waals surface area contributed by atoms with Gasteiger partial charge in [-0.3, -0.25) is 9.78 Å². The third-order valence-corrected chi connectivity index (χ3v) is 4.54. The molecule has 1 aliphatic heterocycles. The molecule has 3 heterocycles. The standard InChI is InChI=1S/C15H17N3OS/c19-14(6-5-12-3-1-7-16-11-12)18-9-2-4-13(18)15-17-8-10-20-15/h1,3,7-8,10-11,13H,2,4-6,9H2/t13-/m0/s1. The lowest BCUT2D eigenvalue weighted by Gasteiger charge is -2.23. The highest BCUT2D eigenvalue weighted by Gasteiger charge is 2.31. The smallest absolute Gasteiger partial charge is 0.223 e. The van der Waals surface area contributed by atoms with Gasteiger partial charge < -0.3 is 4.90 Å². The Balaban J connectivity index is 1.62. The quantitative estimate of drug-likeness (QED) is 0.868. The van der Waals surface area contributed by atoms with Crippen molar-refractivity contribution in [2.75, 3.05) is 6.54 Å². The van der Waals surface area contributed by atoms with Gasteiger partial charge in [0.1, 0.15) is 5.01 Å². The molecular formula is C15H17N3OS. The van der Waals surface area contributed by atoms with E-state index in [1.807, 2.05) is 34.8 Å². The zero-order chi connectivity index (χ0) is 13.8. The van der Waals surface area contributed by atoms with Crippen LogP contribution in [-0.2, 0) is 11.2 Å². The first-order valence-corrected chi connectivity index (χ1v) is 7.80. The van der Waals surface area contributed by atoms with Gasteiger partial charge in [-0.15, -0.1) is 11.3 Å². The van der Waals surface area contributed by atoms with E-state index in [2.05, 4.69) is 9.97 Å². The summed E-state index contributed by atoms with van der Waals surface area (Å²) in [5.41, 5.74) is 1.12. The van der Waals surface area contributed by atoms with Crippen LogP contribution < -0.4 is 0 Å². The first kappa shape index (κ1) is 13.2. The molecule has 0 aliphatic carbocycles. The molecule has 4 nitrogen and oxygen atoms in total. The summed E-state index contributed by atoms with van der Waals surface area (Å²) >= 11 is 1.64. The third-order valence-electron chi connectivity index (χ3n) is 3.66. The monoisotopic (exact) mass is 287 g/mol. The number of aromatic nitrogens is 2. The normalized spacial score (nSPS) is 18.4. The zero-order valence-corrected chi connectivity index (χ0v) is 12.1. The third kappa shape index (κ3) is 2.88. The molecule has 0 spiro atoms. The summed E-state index contributed by atoms with van der Waals surface area (Å²) in [6.45, 7) is 0.857. The lowest BCUT2D eigenvalue weighted by molar-refractivity contribution is -0.132. The Morgan fingerprint density at radius 1 is 1.45 bits per heavy atom. The molecule has 0 saturated carbocycles. The summed E-state index contributed by atoms with van der Waals surface area (Å²) in [6, 6.07) is 4.12. The van der Waals surface area contributed by atoms with E-state index in [4.69, 9.17) is 0 Å². The van der Waals surface area contributed by atoms with Crippen LogP contribution in [0.5, 0.6) is 0 Å². The van der Waals surface area contributed by atoms with E-state index in [9.17, 15) is 4.79 Å². The molecule has 2 aromatic heterocycles. The summed E-state index contributed by atoms with van der Waals surface area (Å²) in [7, 11) is 0. The van der Waals surface area contributed by atoms with Crippen LogP contribution >= 0.6 is 11.3 Å². The summed E-state index contributed by atoms with van der Waals surface area (Å²) in [6.07, 6.45) is 8.81. The van der Waals surface area contributed by atoms with Crippen molar-refractivity contribution in [2.45, 2.75) is 31.7 Å². The highest BCUT2D eigenvalue weighted by Crippen LogP contribution is 2.33. The zero-order valence-electron chi connectivity index (χ0n) is 11.2. The minimum absolute atomic E-state index is 0.191. The van der Waals surface area contributed by atoms with E-state index >= 15 is 0 Å². The van der Waals surface area contributed by atoms with Crippen molar-refractivity contribution in [1.82, 2.24) is 14.9 Å². The maximum absolute atomic E-state index is 12.4. The molecule has 1 saturated heterocycles. The number of rotatable bonds is 4. The molecule has 0 N–H and O–H groups in total. The van der Waals surface area contributed by atoms with Crippen LogP contribution in [0.25, 0.3) is 0 Å². The molecule has 1 atom stereocenters. The summed E-state index contributed by atoms with van der Waals surface area (Å²) in [5, 5.41) is 3.05. The molecule has 104 valence electrons. The van der Waals surface area contributed by atoms with Gasteiger partial charge in [0.25, 0.3) is 0 Å². The van der Waals surface area contributed by atoms with Crippen LogP contribution in [0, 0.1) is 0 Å². The van der Waals surface area contributed by atoms with Gasteiger partial charge in [0.05, 0.1) is 6.04 Å². The largest absolute Gasteiger partial charge is 0.333 e. The number of pyridine rings is 1. The second-order valence-corrected chi connectivity index (χ2v) is 5.90. The Hall–Kier alpha value is -1.75. The Morgan fingerprint density at radius 2 is 2.40 bits per heavy atom. The van der Waals surface area contributed by atoms with Crippen molar-refractivity contribution in [3.8, 4) is 0 Å². The second-order valence-electron chi connectivity index (χ2n) is 4.98. The average Bonchev–Trinajstić information content (AvgIpc) is 3.15. The number of thiazole rings is 1. The van der Waals surface area contributed by atoms with Gasteiger partial charge in [-0.1, -0.05) is 6.07 Å². The number of hydrogen-bond donors (Lipinski definition) is 0. The number of likely N-dealkylation sites (tertiary alicyclic amines) is 1. The van der Waals surface area contributed by atoms with Gasteiger partial charge in [0.2, 0.25) is 5.91 Å². The fourth-order valence-corrected chi connectivity index (χ4v) is 3.45. The van der Waals surface area contributed by atoms with Crippen molar-refractivity contribution in [2.24, 2.45) is 0 Å². The Labute approximate surface area is 122 Å². The molecule has 0 unspecified atom stereocenters. The minimum Gasteiger partial charge on any atom is -0.333 e. The van der Waals surface area contributed by atoms with E-state index in [1.54, 1.807) is 17.5 Å². The summed E-state index contributed by atoms with van der Waals surface area (Å²) in [5.74, 6) is 0.228. The highest BCUT2D eigenvalue weighted by molar-refractivity contribution is 7.09. The van der Waals surface area contributed by atoms with E-state index in [0.29, 0.717) is 6.42 Å². The molecule has 1 fully saturated rings. The van der Waals surface area contributed by atoms with Crippen molar-refractivity contribution >= 4 is 17.2 Å². The van der Waals surface area contributed by atoms with Crippen molar-refractivity contribution in [3.05, 3.63) is 46.7 Å². The first-order valence-electron chi connectivity index (χ1n) is 6.92. The second kappa shape index (κ2) is 6.13. The molecule has 20 heavy (non-hydrogen) atoms. The molecule has 1 aliphatic rings. The first-order chi connectivity index (χ1) is 9.84. The molecule has 2 aromatic rings.